The van der Waals surface area contributed by atoms with Crippen molar-refractivity contribution in [1.29, 1.82) is 0 Å². The Morgan fingerprint density at radius 3 is 2.41 bits per heavy atom. The molecule has 0 heterocycles. The third kappa shape index (κ3) is 8.51. The maximum absolute atomic E-state index is 13.7. The lowest BCUT2D eigenvalue weighted by atomic mass is 10.0. The maximum atomic E-state index is 13.7. The van der Waals surface area contributed by atoms with Crippen molar-refractivity contribution in [2.24, 2.45) is 0 Å². The zero-order valence-corrected chi connectivity index (χ0v) is 23.1. The van der Waals surface area contributed by atoms with Crippen LogP contribution in [0.2, 0.25) is 10.0 Å². The van der Waals surface area contributed by atoms with Crippen LogP contribution in [0, 0.1) is 13.8 Å². The molecule has 1 atom stereocenters. The number of nitrogens with zero attached hydrogens (tertiary/aromatic N) is 1. The number of rotatable bonds is 12. The van der Waals surface area contributed by atoms with Crippen LogP contribution in [0.4, 0.5) is 0 Å². The summed E-state index contributed by atoms with van der Waals surface area (Å²) in [6.45, 7) is 6.56. The number of aryl methyl sites for hydroxylation is 2. The number of benzene rings is 3. The fraction of sp³-hybridized carbons (Fsp3) is 0.333. The van der Waals surface area contributed by atoms with Crippen molar-refractivity contribution >= 4 is 35.0 Å². The highest BCUT2D eigenvalue weighted by atomic mass is 35.5. The van der Waals surface area contributed by atoms with E-state index < -0.39 is 6.04 Å². The summed E-state index contributed by atoms with van der Waals surface area (Å²) in [6, 6.07) is 19.8. The molecule has 3 rings (SSSR count). The standard InChI is InChI=1S/C30H34Cl2N2O3/c1-4-5-15-33-30(36)28(17-23-9-7-6-8-10-23)34(19-24-12-13-25(31)18-27(24)32)29(35)20-37-26-14-11-21(2)22(3)16-26/h6-14,16,18,28H,4-5,15,17,19-20H2,1-3H3,(H,33,36). The van der Waals surface area contributed by atoms with Gasteiger partial charge in [0, 0.05) is 29.6 Å². The van der Waals surface area contributed by atoms with Gasteiger partial charge in [-0.2, -0.15) is 0 Å². The van der Waals surface area contributed by atoms with E-state index in [0.29, 0.717) is 34.3 Å². The number of hydrogen-bond acceptors (Lipinski definition) is 3. The molecule has 7 heteroatoms. The van der Waals surface area contributed by atoms with Gasteiger partial charge < -0.3 is 15.0 Å². The maximum Gasteiger partial charge on any atom is 0.261 e. The lowest BCUT2D eigenvalue weighted by Gasteiger charge is -2.31. The number of nitrogens with one attached hydrogen (secondary N) is 1. The number of carbonyl (C=O) groups is 2. The number of hydrogen-bond donors (Lipinski definition) is 1. The molecule has 3 aromatic rings. The fourth-order valence-corrected chi connectivity index (χ4v) is 4.39. The molecule has 0 bridgehead atoms. The van der Waals surface area contributed by atoms with Crippen LogP contribution in [0.5, 0.6) is 5.75 Å². The normalized spacial score (nSPS) is 11.6. The first-order chi connectivity index (χ1) is 17.8. The molecular weight excluding hydrogens is 507 g/mol. The Hall–Kier alpha value is -3.02. The van der Waals surface area contributed by atoms with Gasteiger partial charge in [-0.3, -0.25) is 9.59 Å². The SMILES string of the molecule is CCCCNC(=O)C(Cc1ccccc1)N(Cc1ccc(Cl)cc1Cl)C(=O)COc1ccc(C)c(C)c1. The second kappa shape index (κ2) is 14.1. The van der Waals surface area contributed by atoms with Crippen LogP contribution >= 0.6 is 23.2 Å². The average Bonchev–Trinajstić information content (AvgIpc) is 2.88. The van der Waals surface area contributed by atoms with E-state index >= 15 is 0 Å². The van der Waals surface area contributed by atoms with Gasteiger partial charge in [-0.1, -0.05) is 79.0 Å². The van der Waals surface area contributed by atoms with Crippen LogP contribution in [0.25, 0.3) is 0 Å². The molecule has 0 aliphatic rings. The van der Waals surface area contributed by atoms with Crippen molar-refractivity contribution in [1.82, 2.24) is 10.2 Å². The molecule has 0 radical (unpaired) electrons. The Labute approximate surface area is 229 Å². The van der Waals surface area contributed by atoms with Gasteiger partial charge in [0.05, 0.1) is 0 Å². The molecule has 0 aliphatic carbocycles. The van der Waals surface area contributed by atoms with Gasteiger partial charge >= 0.3 is 0 Å². The Bertz CT molecular complexity index is 1200. The van der Waals surface area contributed by atoms with Gasteiger partial charge in [-0.25, -0.2) is 0 Å². The number of unbranched alkanes of at least 4 members (excludes halogenated alkanes) is 1. The van der Waals surface area contributed by atoms with Crippen LogP contribution < -0.4 is 10.1 Å². The molecule has 3 aromatic carbocycles. The highest BCUT2D eigenvalue weighted by Gasteiger charge is 2.31. The van der Waals surface area contributed by atoms with Crippen LogP contribution in [0.1, 0.15) is 42.0 Å². The van der Waals surface area contributed by atoms with Gasteiger partial charge in [-0.05, 0) is 66.8 Å². The lowest BCUT2D eigenvalue weighted by molar-refractivity contribution is -0.142. The van der Waals surface area contributed by atoms with E-state index in [9.17, 15) is 9.59 Å². The van der Waals surface area contributed by atoms with Crippen molar-refractivity contribution in [2.75, 3.05) is 13.2 Å². The molecule has 1 unspecified atom stereocenters. The minimum absolute atomic E-state index is 0.143. The van der Waals surface area contributed by atoms with Crippen LogP contribution in [-0.4, -0.2) is 35.9 Å². The van der Waals surface area contributed by atoms with Gasteiger partial charge in [0.1, 0.15) is 11.8 Å². The second-order valence-electron chi connectivity index (χ2n) is 9.14. The molecule has 0 spiro atoms. The summed E-state index contributed by atoms with van der Waals surface area (Å²) in [7, 11) is 0. The lowest BCUT2D eigenvalue weighted by Crippen LogP contribution is -2.51. The first kappa shape index (κ1) is 28.5. The molecule has 196 valence electrons. The predicted octanol–water partition coefficient (Wildman–Crippen LogP) is 6.55. The summed E-state index contributed by atoms with van der Waals surface area (Å²) in [4.78, 5) is 28.7. The van der Waals surface area contributed by atoms with Crippen LogP contribution in [0.3, 0.4) is 0 Å². The molecule has 0 fully saturated rings. The van der Waals surface area contributed by atoms with E-state index in [-0.39, 0.29) is 25.0 Å². The molecule has 0 saturated carbocycles. The van der Waals surface area contributed by atoms with Gasteiger partial charge in [-0.15, -0.1) is 0 Å². The summed E-state index contributed by atoms with van der Waals surface area (Å²) >= 11 is 12.6. The van der Waals surface area contributed by atoms with E-state index in [2.05, 4.69) is 12.2 Å². The van der Waals surface area contributed by atoms with Gasteiger partial charge in [0.2, 0.25) is 5.91 Å². The fourth-order valence-electron chi connectivity index (χ4n) is 3.93. The van der Waals surface area contributed by atoms with Crippen molar-refractivity contribution in [2.45, 2.75) is 52.6 Å². The Morgan fingerprint density at radius 1 is 0.973 bits per heavy atom. The van der Waals surface area contributed by atoms with Crippen molar-refractivity contribution in [3.05, 3.63) is 99.0 Å². The zero-order valence-electron chi connectivity index (χ0n) is 21.6. The molecule has 0 saturated heterocycles. The first-order valence-corrected chi connectivity index (χ1v) is 13.3. The molecule has 2 amide bonds. The largest absolute Gasteiger partial charge is 0.484 e. The second-order valence-corrected chi connectivity index (χ2v) is 9.99. The molecule has 0 aromatic heterocycles. The topological polar surface area (TPSA) is 58.6 Å². The predicted molar refractivity (Wildman–Crippen MR) is 150 cm³/mol. The third-order valence-electron chi connectivity index (χ3n) is 6.30. The van der Waals surface area contributed by atoms with Gasteiger partial charge in [0.15, 0.2) is 6.61 Å². The summed E-state index contributed by atoms with van der Waals surface area (Å²) in [5, 5.41) is 3.95. The number of halogens is 2. The van der Waals surface area contributed by atoms with Crippen molar-refractivity contribution in [3.8, 4) is 5.75 Å². The monoisotopic (exact) mass is 540 g/mol. The van der Waals surface area contributed by atoms with E-state index in [4.69, 9.17) is 27.9 Å². The minimum atomic E-state index is -0.748. The zero-order chi connectivity index (χ0) is 26.8. The Balaban J connectivity index is 1.92. The summed E-state index contributed by atoms with van der Waals surface area (Å²) in [5.41, 5.74) is 3.87. The first-order valence-electron chi connectivity index (χ1n) is 12.5. The van der Waals surface area contributed by atoms with Gasteiger partial charge in [0.25, 0.3) is 5.91 Å². The van der Waals surface area contributed by atoms with Crippen molar-refractivity contribution in [3.63, 3.8) is 0 Å². The number of amides is 2. The Kier molecular flexibility index (Phi) is 10.8. The summed E-state index contributed by atoms with van der Waals surface area (Å²) in [5.74, 6) is 0.0886. The van der Waals surface area contributed by atoms with Crippen LogP contribution in [0.15, 0.2) is 66.7 Å². The number of carbonyl (C=O) groups excluding carboxylic acids is 2. The smallest absolute Gasteiger partial charge is 0.261 e. The van der Waals surface area contributed by atoms with Crippen LogP contribution in [-0.2, 0) is 22.6 Å². The number of ether oxygens (including phenoxy) is 1. The van der Waals surface area contributed by atoms with E-state index in [1.54, 1.807) is 23.1 Å². The average molecular weight is 542 g/mol. The molecule has 37 heavy (non-hydrogen) atoms. The highest BCUT2D eigenvalue weighted by molar-refractivity contribution is 6.35. The quantitative estimate of drug-likeness (QED) is 0.265. The summed E-state index contributed by atoms with van der Waals surface area (Å²) < 4.78 is 5.87. The molecular formula is C30H34Cl2N2O3. The summed E-state index contributed by atoms with van der Waals surface area (Å²) in [6.07, 6.45) is 2.17. The van der Waals surface area contributed by atoms with E-state index in [0.717, 1.165) is 29.5 Å². The molecule has 1 N–H and O–H groups in total. The van der Waals surface area contributed by atoms with Crippen molar-refractivity contribution < 1.29 is 14.3 Å². The highest BCUT2D eigenvalue weighted by Crippen LogP contribution is 2.24. The molecule has 0 aliphatic heterocycles. The van der Waals surface area contributed by atoms with E-state index in [1.807, 2.05) is 62.4 Å². The molecule has 5 nitrogen and oxygen atoms in total. The minimum Gasteiger partial charge on any atom is -0.484 e. The van der Waals surface area contributed by atoms with E-state index in [1.165, 1.54) is 0 Å². The Morgan fingerprint density at radius 2 is 1.73 bits per heavy atom. The third-order valence-corrected chi connectivity index (χ3v) is 6.88.